The second-order valence-corrected chi connectivity index (χ2v) is 19.5. The molecule has 14 nitrogen and oxygen atoms in total. The highest BCUT2D eigenvalue weighted by molar-refractivity contribution is 7.91. The first-order valence-corrected chi connectivity index (χ1v) is 21.4. The third-order valence-corrected chi connectivity index (χ3v) is 12.5. The van der Waals surface area contributed by atoms with Crippen LogP contribution in [0.15, 0.2) is 72.1 Å². The highest BCUT2D eigenvalue weighted by Crippen LogP contribution is 2.31. The Labute approximate surface area is 346 Å². The molecule has 5 rings (SSSR count). The number of carbonyl (C=O) groups excluding carboxylic acids is 4. The van der Waals surface area contributed by atoms with Gasteiger partial charge < -0.3 is 30.0 Å². The van der Waals surface area contributed by atoms with Crippen LogP contribution >= 0.6 is 0 Å². The van der Waals surface area contributed by atoms with Gasteiger partial charge in [0.25, 0.3) is 5.91 Å². The Balaban J connectivity index is 1.21. The summed E-state index contributed by atoms with van der Waals surface area (Å²) in [6, 6.07) is 12.7. The summed E-state index contributed by atoms with van der Waals surface area (Å²) in [5, 5.41) is 5.30. The van der Waals surface area contributed by atoms with Gasteiger partial charge in [0.15, 0.2) is 5.43 Å². The molecule has 59 heavy (non-hydrogen) atoms. The van der Waals surface area contributed by atoms with Crippen molar-refractivity contribution in [3.8, 4) is 17.0 Å². The molecule has 3 aromatic rings. The molecule has 2 aromatic carbocycles. The number of likely N-dealkylation sites (tertiary alicyclic amines) is 1. The van der Waals surface area contributed by atoms with Crippen LogP contribution in [0, 0.1) is 10.8 Å². The predicted octanol–water partition coefficient (Wildman–Crippen LogP) is 5.82. The third-order valence-electron chi connectivity index (χ3n) is 10.7. The van der Waals surface area contributed by atoms with Crippen molar-refractivity contribution in [2.45, 2.75) is 103 Å². The first-order chi connectivity index (χ1) is 27.7. The molecule has 2 aliphatic rings. The average molecular weight is 832 g/mol. The largest absolute Gasteiger partial charge is 0.496 e. The summed E-state index contributed by atoms with van der Waals surface area (Å²) in [5.41, 5.74) is -0.113. The number of allylic oxidation sites excluding steroid dienone is 1. The van der Waals surface area contributed by atoms with Gasteiger partial charge in [-0.3, -0.25) is 23.9 Å². The van der Waals surface area contributed by atoms with Crippen molar-refractivity contribution in [2.75, 3.05) is 20.3 Å². The van der Waals surface area contributed by atoms with Crippen LogP contribution in [0.1, 0.15) is 85.6 Å². The van der Waals surface area contributed by atoms with Gasteiger partial charge in [-0.05, 0) is 62.5 Å². The van der Waals surface area contributed by atoms with E-state index >= 15 is 0 Å². The van der Waals surface area contributed by atoms with Gasteiger partial charge >= 0.3 is 6.09 Å². The van der Waals surface area contributed by atoms with E-state index in [9.17, 15) is 32.4 Å². The lowest BCUT2D eigenvalue weighted by Gasteiger charge is -2.36. The van der Waals surface area contributed by atoms with E-state index in [0.717, 1.165) is 5.56 Å². The SMILES string of the molecule is C=CCC(C)(NC(=O)[C@@H]1CCCN1C(=O)[C@@H](NC(=O)OCC(C)(C)C/C=C/c1cc2c(=O)cc(-c3ccccc3)[nH]c2cc1OC)C(C)(C)C)C(=O)NS(=O)(=O)C1CC1. The number of carbonyl (C=O) groups is 4. The maximum Gasteiger partial charge on any atom is 0.407 e. The number of aromatic nitrogens is 1. The molecular weight excluding hydrogens is 775 g/mol. The van der Waals surface area contributed by atoms with Crippen molar-refractivity contribution in [3.63, 3.8) is 0 Å². The number of hydrogen-bond donors (Lipinski definition) is 4. The number of aromatic amines is 1. The Morgan fingerprint density at radius 2 is 1.69 bits per heavy atom. The Kier molecular flexibility index (Phi) is 13.5. The lowest BCUT2D eigenvalue weighted by Crippen LogP contribution is -2.62. The number of nitrogens with zero attached hydrogens (tertiary/aromatic N) is 1. The van der Waals surface area contributed by atoms with Crippen molar-refractivity contribution in [1.82, 2.24) is 25.2 Å². The Bertz CT molecular complexity index is 2280. The lowest BCUT2D eigenvalue weighted by atomic mass is 9.85. The fourth-order valence-electron chi connectivity index (χ4n) is 7.02. The minimum Gasteiger partial charge on any atom is -0.496 e. The fourth-order valence-corrected chi connectivity index (χ4v) is 8.43. The number of ether oxygens (including phenoxy) is 2. The van der Waals surface area contributed by atoms with Gasteiger partial charge in [-0.25, -0.2) is 13.2 Å². The van der Waals surface area contributed by atoms with Crippen LogP contribution in [-0.4, -0.2) is 85.3 Å². The minimum atomic E-state index is -3.88. The van der Waals surface area contributed by atoms with Crippen molar-refractivity contribution in [1.29, 1.82) is 0 Å². The lowest BCUT2D eigenvalue weighted by molar-refractivity contribution is -0.143. The summed E-state index contributed by atoms with van der Waals surface area (Å²) in [5.74, 6) is -1.41. The molecule has 1 aliphatic heterocycles. The molecule has 15 heteroatoms. The standard InChI is InChI=1S/C44H57N5O9S/c1-9-21-44(7,40(53)48-59(55,56)30-19-20-30)47-38(51)34-18-14-23-49(34)39(52)37(42(2,3)4)46-41(54)58-27-43(5,6)22-13-17-29-24-31-33(26-36(29)57-8)45-32(25-35(31)50)28-15-11-10-12-16-28/h9-13,15-17,24-26,30,34,37H,1,14,18-23,27H2,2-8H3,(H,45,50)(H,46,54)(H,47,51)(H,48,53)/b17-13+/t34-,37+,44?/m0/s1. The van der Waals surface area contributed by atoms with Crippen LogP contribution in [-0.2, 0) is 29.1 Å². The maximum atomic E-state index is 14.1. The fraction of sp³-hybridized carbons (Fsp3) is 0.477. The minimum absolute atomic E-state index is 0.0141. The molecule has 318 valence electrons. The number of fused-ring (bicyclic) bond motifs is 1. The van der Waals surface area contributed by atoms with Crippen molar-refractivity contribution >= 4 is 50.8 Å². The first kappa shape index (κ1) is 44.7. The van der Waals surface area contributed by atoms with E-state index in [1.807, 2.05) is 56.3 Å². The zero-order chi connectivity index (χ0) is 43.3. The number of benzene rings is 2. The number of hydrogen-bond acceptors (Lipinski definition) is 9. The molecule has 1 saturated heterocycles. The summed E-state index contributed by atoms with van der Waals surface area (Å²) < 4.78 is 38.5. The summed E-state index contributed by atoms with van der Waals surface area (Å²) >= 11 is 0. The molecule has 0 bridgehead atoms. The number of nitrogens with one attached hydrogen (secondary N) is 4. The Hall–Kier alpha value is -5.44. The molecule has 1 aromatic heterocycles. The number of rotatable bonds is 16. The number of alkyl carbamates (subject to hydrolysis) is 1. The highest BCUT2D eigenvalue weighted by Gasteiger charge is 2.46. The quantitative estimate of drug-likeness (QED) is 0.129. The van der Waals surface area contributed by atoms with E-state index in [-0.39, 0.29) is 25.0 Å². The molecule has 0 radical (unpaired) electrons. The van der Waals surface area contributed by atoms with Gasteiger partial charge in [0.2, 0.25) is 21.8 Å². The van der Waals surface area contributed by atoms with Gasteiger partial charge in [0.1, 0.15) is 23.4 Å². The van der Waals surface area contributed by atoms with Crippen molar-refractivity contribution in [2.24, 2.45) is 10.8 Å². The smallest absolute Gasteiger partial charge is 0.407 e. The summed E-state index contributed by atoms with van der Waals surface area (Å²) in [6.07, 6.45) is 6.58. The van der Waals surface area contributed by atoms with Gasteiger partial charge in [0.05, 0.1) is 24.5 Å². The predicted molar refractivity (Wildman–Crippen MR) is 228 cm³/mol. The zero-order valence-corrected chi connectivity index (χ0v) is 35.8. The number of H-pyrrole nitrogens is 1. The molecule has 1 unspecified atom stereocenters. The third kappa shape index (κ3) is 11.0. The van der Waals surface area contributed by atoms with Crippen LogP contribution in [0.2, 0.25) is 0 Å². The van der Waals surface area contributed by atoms with Crippen LogP contribution in [0.3, 0.4) is 0 Å². The molecule has 1 saturated carbocycles. The molecule has 2 heterocycles. The summed E-state index contributed by atoms with van der Waals surface area (Å²) in [4.78, 5) is 72.2. The number of amides is 4. The van der Waals surface area contributed by atoms with Crippen molar-refractivity contribution < 1.29 is 37.1 Å². The summed E-state index contributed by atoms with van der Waals surface area (Å²) in [6.45, 7) is 14.6. The molecular formula is C44H57N5O9S. The zero-order valence-electron chi connectivity index (χ0n) is 35.0. The normalized spacial score (nSPS) is 17.5. The van der Waals surface area contributed by atoms with Gasteiger partial charge in [-0.2, -0.15) is 0 Å². The number of pyridine rings is 1. The highest BCUT2D eigenvalue weighted by atomic mass is 32.2. The Morgan fingerprint density at radius 1 is 1.00 bits per heavy atom. The molecule has 1 aliphatic carbocycles. The van der Waals surface area contributed by atoms with Crippen LogP contribution in [0.25, 0.3) is 28.2 Å². The topological polar surface area (TPSA) is 193 Å². The van der Waals surface area contributed by atoms with Gasteiger partial charge in [0, 0.05) is 40.7 Å². The van der Waals surface area contributed by atoms with Gasteiger partial charge in [-0.1, -0.05) is 83.2 Å². The van der Waals surface area contributed by atoms with Crippen molar-refractivity contribution in [3.05, 3.63) is 83.0 Å². The van der Waals surface area contributed by atoms with Crippen LogP contribution in [0.4, 0.5) is 4.79 Å². The second kappa shape index (κ2) is 17.8. The second-order valence-electron chi connectivity index (χ2n) is 17.5. The number of sulfonamides is 1. The molecule has 4 N–H and O–H groups in total. The van der Waals surface area contributed by atoms with E-state index in [1.54, 1.807) is 46.1 Å². The van der Waals surface area contributed by atoms with Gasteiger partial charge in [-0.15, -0.1) is 6.58 Å². The van der Waals surface area contributed by atoms with Crippen LogP contribution in [0.5, 0.6) is 5.75 Å². The molecule has 3 atom stereocenters. The first-order valence-electron chi connectivity index (χ1n) is 19.9. The van der Waals surface area contributed by atoms with E-state index < -0.39 is 67.5 Å². The molecule has 4 amide bonds. The van der Waals surface area contributed by atoms with E-state index in [1.165, 1.54) is 17.9 Å². The average Bonchev–Trinajstić information content (AvgIpc) is 3.93. The number of methoxy groups -OCH3 is 1. The molecule has 2 fully saturated rings. The molecule has 0 spiro atoms. The summed E-state index contributed by atoms with van der Waals surface area (Å²) in [7, 11) is -2.31. The maximum absolute atomic E-state index is 14.1. The van der Waals surface area contributed by atoms with E-state index in [4.69, 9.17) is 9.47 Å². The van der Waals surface area contributed by atoms with Crippen LogP contribution < -0.4 is 25.5 Å². The van der Waals surface area contributed by atoms with E-state index in [0.29, 0.717) is 60.0 Å². The Morgan fingerprint density at radius 3 is 2.32 bits per heavy atom. The monoisotopic (exact) mass is 831 g/mol. The van der Waals surface area contributed by atoms with E-state index in [2.05, 4.69) is 26.9 Å².